The normalized spacial score (nSPS) is 16.3. The molecule has 1 aliphatic rings. The second-order valence-electron chi connectivity index (χ2n) is 5.17. The predicted molar refractivity (Wildman–Crippen MR) is 75.2 cm³/mol. The topological polar surface area (TPSA) is 29.1 Å². The van der Waals surface area contributed by atoms with Crippen molar-refractivity contribution in [2.75, 3.05) is 12.4 Å². The van der Waals surface area contributed by atoms with E-state index in [0.717, 1.165) is 24.9 Å². The van der Waals surface area contributed by atoms with Crippen LogP contribution in [0.5, 0.6) is 0 Å². The summed E-state index contributed by atoms with van der Waals surface area (Å²) in [4.78, 5) is 12.0. The van der Waals surface area contributed by atoms with Crippen molar-refractivity contribution >= 4 is 17.5 Å². The van der Waals surface area contributed by atoms with Crippen LogP contribution in [0.1, 0.15) is 42.1 Å². The van der Waals surface area contributed by atoms with E-state index < -0.39 is 0 Å². The fourth-order valence-corrected chi connectivity index (χ4v) is 2.55. The van der Waals surface area contributed by atoms with E-state index in [4.69, 9.17) is 11.6 Å². The minimum Gasteiger partial charge on any atom is -0.351 e. The van der Waals surface area contributed by atoms with Gasteiger partial charge in [0.2, 0.25) is 0 Å². The summed E-state index contributed by atoms with van der Waals surface area (Å²) in [5, 5.41) is 3.03. The van der Waals surface area contributed by atoms with Gasteiger partial charge < -0.3 is 5.32 Å². The van der Waals surface area contributed by atoms with Gasteiger partial charge in [0.05, 0.1) is 0 Å². The Kier molecular flexibility index (Phi) is 4.28. The molecule has 3 heteroatoms. The SMILES string of the molecule is CCc1ccc(C(=O)NCC2(CCCl)CC2)cc1. The number of hydrogen-bond acceptors (Lipinski definition) is 1. The van der Waals surface area contributed by atoms with Crippen LogP contribution in [-0.4, -0.2) is 18.3 Å². The van der Waals surface area contributed by atoms with E-state index in [-0.39, 0.29) is 5.91 Å². The first-order valence-corrected chi connectivity index (χ1v) is 7.16. The first-order chi connectivity index (χ1) is 8.69. The molecule has 1 aromatic carbocycles. The van der Waals surface area contributed by atoms with Gasteiger partial charge in [-0.05, 0) is 48.8 Å². The number of amides is 1. The maximum Gasteiger partial charge on any atom is 0.251 e. The Morgan fingerprint density at radius 3 is 2.50 bits per heavy atom. The van der Waals surface area contributed by atoms with Gasteiger partial charge in [-0.15, -0.1) is 11.6 Å². The summed E-state index contributed by atoms with van der Waals surface area (Å²) < 4.78 is 0. The number of halogens is 1. The number of rotatable bonds is 6. The first kappa shape index (κ1) is 13.4. The molecule has 1 fully saturated rings. The molecule has 0 aliphatic heterocycles. The molecule has 0 saturated heterocycles. The lowest BCUT2D eigenvalue weighted by Gasteiger charge is -2.14. The summed E-state index contributed by atoms with van der Waals surface area (Å²) in [6.45, 7) is 2.87. The number of nitrogens with one attached hydrogen (secondary N) is 1. The van der Waals surface area contributed by atoms with Crippen molar-refractivity contribution in [2.45, 2.75) is 32.6 Å². The summed E-state index contributed by atoms with van der Waals surface area (Å²) in [5.74, 6) is 0.708. The predicted octanol–water partition coefficient (Wildman–Crippen LogP) is 3.39. The number of benzene rings is 1. The van der Waals surface area contributed by atoms with Crippen LogP contribution in [-0.2, 0) is 6.42 Å². The van der Waals surface area contributed by atoms with Gasteiger partial charge in [-0.25, -0.2) is 0 Å². The summed E-state index contributed by atoms with van der Waals surface area (Å²) in [7, 11) is 0. The highest BCUT2D eigenvalue weighted by Crippen LogP contribution is 2.48. The summed E-state index contributed by atoms with van der Waals surface area (Å²) >= 11 is 5.78. The molecule has 1 aromatic rings. The third-order valence-corrected chi connectivity index (χ3v) is 4.02. The number of aryl methyl sites for hydroxylation is 1. The van der Waals surface area contributed by atoms with Crippen LogP contribution in [0.3, 0.4) is 0 Å². The molecule has 18 heavy (non-hydrogen) atoms. The van der Waals surface area contributed by atoms with Crippen LogP contribution in [0.4, 0.5) is 0 Å². The zero-order chi connectivity index (χ0) is 13.0. The van der Waals surface area contributed by atoms with Crippen molar-refractivity contribution in [2.24, 2.45) is 5.41 Å². The summed E-state index contributed by atoms with van der Waals surface area (Å²) in [5.41, 5.74) is 2.29. The summed E-state index contributed by atoms with van der Waals surface area (Å²) in [6, 6.07) is 7.83. The van der Waals surface area contributed by atoms with Crippen molar-refractivity contribution in [3.8, 4) is 0 Å². The van der Waals surface area contributed by atoms with Gasteiger partial charge in [0, 0.05) is 18.0 Å². The Morgan fingerprint density at radius 2 is 2.00 bits per heavy atom. The summed E-state index contributed by atoms with van der Waals surface area (Å²) in [6.07, 6.45) is 4.38. The van der Waals surface area contributed by atoms with Crippen molar-refractivity contribution in [1.29, 1.82) is 0 Å². The minimum atomic E-state index is 0.0264. The Balaban J connectivity index is 1.87. The molecule has 98 valence electrons. The molecule has 0 bridgehead atoms. The van der Waals surface area contributed by atoms with Crippen molar-refractivity contribution in [1.82, 2.24) is 5.32 Å². The van der Waals surface area contributed by atoms with Crippen molar-refractivity contribution in [3.63, 3.8) is 0 Å². The molecule has 0 atom stereocenters. The van der Waals surface area contributed by atoms with Crippen LogP contribution in [0.25, 0.3) is 0 Å². The lowest BCUT2D eigenvalue weighted by Crippen LogP contribution is -2.30. The van der Waals surface area contributed by atoms with E-state index in [1.54, 1.807) is 0 Å². The third-order valence-electron chi connectivity index (χ3n) is 3.83. The number of carbonyl (C=O) groups excluding carboxylic acids is 1. The Hall–Kier alpha value is -1.02. The van der Waals surface area contributed by atoms with Crippen LogP contribution in [0.15, 0.2) is 24.3 Å². The van der Waals surface area contributed by atoms with E-state index in [1.807, 2.05) is 24.3 Å². The number of alkyl halides is 1. The second-order valence-corrected chi connectivity index (χ2v) is 5.55. The largest absolute Gasteiger partial charge is 0.351 e. The van der Waals surface area contributed by atoms with Gasteiger partial charge in [-0.1, -0.05) is 19.1 Å². The third kappa shape index (κ3) is 3.26. The fourth-order valence-electron chi connectivity index (χ4n) is 2.15. The molecule has 0 aromatic heterocycles. The molecule has 1 N–H and O–H groups in total. The molecule has 1 saturated carbocycles. The molecule has 0 heterocycles. The smallest absolute Gasteiger partial charge is 0.251 e. The van der Waals surface area contributed by atoms with Crippen LogP contribution < -0.4 is 5.32 Å². The van der Waals surface area contributed by atoms with Crippen molar-refractivity contribution < 1.29 is 4.79 Å². The minimum absolute atomic E-state index is 0.0264. The molecule has 2 rings (SSSR count). The molecular weight excluding hydrogens is 246 g/mol. The van der Waals surface area contributed by atoms with E-state index in [9.17, 15) is 4.79 Å². The standard InChI is InChI=1S/C15H20ClNO/c1-2-12-3-5-13(6-4-12)14(18)17-11-15(7-8-15)9-10-16/h3-6H,2,7-11H2,1H3,(H,17,18). The van der Waals surface area contributed by atoms with Gasteiger partial charge in [0.25, 0.3) is 5.91 Å². The molecule has 0 spiro atoms. The maximum atomic E-state index is 12.0. The van der Waals surface area contributed by atoms with Gasteiger partial charge in [0.15, 0.2) is 0 Å². The lowest BCUT2D eigenvalue weighted by molar-refractivity contribution is 0.0944. The molecule has 1 amide bonds. The molecule has 2 nitrogen and oxygen atoms in total. The number of hydrogen-bond donors (Lipinski definition) is 1. The van der Waals surface area contributed by atoms with E-state index in [1.165, 1.54) is 18.4 Å². The van der Waals surface area contributed by atoms with Crippen LogP contribution >= 0.6 is 11.6 Å². The Bertz CT molecular complexity index is 409. The van der Waals surface area contributed by atoms with Gasteiger partial charge in [-0.3, -0.25) is 4.79 Å². The zero-order valence-corrected chi connectivity index (χ0v) is 11.6. The van der Waals surface area contributed by atoms with E-state index in [2.05, 4.69) is 12.2 Å². The average molecular weight is 266 g/mol. The second kappa shape index (κ2) is 5.75. The van der Waals surface area contributed by atoms with Crippen LogP contribution in [0.2, 0.25) is 0 Å². The highest BCUT2D eigenvalue weighted by Gasteiger charge is 2.41. The monoisotopic (exact) mass is 265 g/mol. The molecular formula is C15H20ClNO. The zero-order valence-electron chi connectivity index (χ0n) is 10.8. The highest BCUT2D eigenvalue weighted by atomic mass is 35.5. The van der Waals surface area contributed by atoms with Gasteiger partial charge >= 0.3 is 0 Å². The highest BCUT2D eigenvalue weighted by molar-refractivity contribution is 6.17. The Morgan fingerprint density at radius 1 is 1.33 bits per heavy atom. The fraction of sp³-hybridized carbons (Fsp3) is 0.533. The number of carbonyl (C=O) groups is 1. The lowest BCUT2D eigenvalue weighted by atomic mass is 10.0. The van der Waals surface area contributed by atoms with Crippen LogP contribution in [0, 0.1) is 5.41 Å². The van der Waals surface area contributed by atoms with Gasteiger partial charge in [0.1, 0.15) is 0 Å². The average Bonchev–Trinajstić information content (AvgIpc) is 3.17. The quantitative estimate of drug-likeness (QED) is 0.785. The van der Waals surface area contributed by atoms with E-state index in [0.29, 0.717) is 11.3 Å². The first-order valence-electron chi connectivity index (χ1n) is 6.62. The van der Waals surface area contributed by atoms with E-state index >= 15 is 0 Å². The van der Waals surface area contributed by atoms with Crippen molar-refractivity contribution in [3.05, 3.63) is 35.4 Å². The Labute approximate surface area is 114 Å². The molecule has 0 radical (unpaired) electrons. The van der Waals surface area contributed by atoms with Gasteiger partial charge in [-0.2, -0.15) is 0 Å². The maximum absolute atomic E-state index is 12.0. The molecule has 1 aliphatic carbocycles. The molecule has 0 unspecified atom stereocenters.